The molecule has 2 nitrogen and oxygen atoms in total. The van der Waals surface area contributed by atoms with Gasteiger partial charge in [-0.1, -0.05) is 78.1 Å². The van der Waals surface area contributed by atoms with Gasteiger partial charge in [0.25, 0.3) is 0 Å². The van der Waals surface area contributed by atoms with Gasteiger partial charge in [-0.25, -0.2) is 0 Å². The van der Waals surface area contributed by atoms with Gasteiger partial charge in [0, 0.05) is 13.2 Å². The van der Waals surface area contributed by atoms with Crippen molar-refractivity contribution in [3.8, 4) is 0 Å². The Bertz CT molecular complexity index is 150. The van der Waals surface area contributed by atoms with Crippen LogP contribution in [0, 0.1) is 0 Å². The molecular formula is C24H54O2Sn. The summed E-state index contributed by atoms with van der Waals surface area (Å²) >= 11 is 0.149. The molecule has 0 saturated heterocycles. The maximum atomic E-state index is 8.42. The summed E-state index contributed by atoms with van der Waals surface area (Å²) in [5.41, 5.74) is 0. The molecule has 0 bridgehead atoms. The molecule has 2 radical (unpaired) electrons. The van der Waals surface area contributed by atoms with E-state index in [1.807, 2.05) is 0 Å². The molecular weight excluding hydrogens is 439 g/mol. The standard InChI is InChI=1S/2C8H18O.2C4H9.Sn/c2*1-2-3-4-5-6-7-8-9;2*1-3-4-2;/h2*9H,2-8H2,1H3;2*1,3-4H2,2H3;. The van der Waals surface area contributed by atoms with Crippen molar-refractivity contribution in [3.05, 3.63) is 0 Å². The van der Waals surface area contributed by atoms with Gasteiger partial charge in [0.15, 0.2) is 0 Å². The molecule has 0 fully saturated rings. The van der Waals surface area contributed by atoms with Gasteiger partial charge in [-0.05, 0) is 12.8 Å². The van der Waals surface area contributed by atoms with Gasteiger partial charge in [-0.2, -0.15) is 0 Å². The quantitative estimate of drug-likeness (QED) is 0.151. The predicted octanol–water partition coefficient (Wildman–Crippen LogP) is 7.81. The fraction of sp³-hybridized carbons (Fsp3) is 1.00. The summed E-state index contributed by atoms with van der Waals surface area (Å²) < 4.78 is 3.25. The minimum atomic E-state index is 0.149. The Balaban J connectivity index is -0.000000320. The third-order valence-corrected chi connectivity index (χ3v) is 8.47. The van der Waals surface area contributed by atoms with Crippen molar-refractivity contribution in [1.29, 1.82) is 0 Å². The Labute approximate surface area is 183 Å². The van der Waals surface area contributed by atoms with Crippen molar-refractivity contribution < 1.29 is 10.2 Å². The second-order valence-electron chi connectivity index (χ2n) is 7.44. The minimum absolute atomic E-state index is 0.149. The third kappa shape index (κ3) is 46.6. The van der Waals surface area contributed by atoms with Crippen LogP contribution in [0.2, 0.25) is 8.87 Å². The first-order valence-electron chi connectivity index (χ1n) is 12.2. The van der Waals surface area contributed by atoms with Crippen LogP contribution in [-0.2, 0) is 0 Å². The van der Waals surface area contributed by atoms with Crippen molar-refractivity contribution in [1.82, 2.24) is 0 Å². The number of aliphatic hydroxyl groups excluding tert-OH is 2. The molecule has 166 valence electrons. The summed E-state index contributed by atoms with van der Waals surface area (Å²) in [6, 6.07) is 0. The number of rotatable bonds is 18. The van der Waals surface area contributed by atoms with E-state index >= 15 is 0 Å². The van der Waals surface area contributed by atoms with Crippen molar-refractivity contribution in [3.63, 3.8) is 0 Å². The molecule has 0 amide bonds. The van der Waals surface area contributed by atoms with Gasteiger partial charge in [0.2, 0.25) is 0 Å². The average Bonchev–Trinajstić information content (AvgIpc) is 2.69. The van der Waals surface area contributed by atoms with E-state index in [0.29, 0.717) is 13.2 Å². The molecule has 0 aliphatic rings. The van der Waals surface area contributed by atoms with E-state index in [9.17, 15) is 0 Å². The summed E-state index contributed by atoms with van der Waals surface area (Å²) in [6.45, 7) is 9.74. The Morgan fingerprint density at radius 1 is 0.407 bits per heavy atom. The van der Waals surface area contributed by atoms with Crippen LogP contribution in [0.1, 0.15) is 130 Å². The maximum absolute atomic E-state index is 8.42. The topological polar surface area (TPSA) is 40.5 Å². The zero-order chi connectivity index (χ0) is 20.8. The van der Waals surface area contributed by atoms with Gasteiger partial charge < -0.3 is 10.2 Å². The molecule has 2 N–H and O–H groups in total. The van der Waals surface area contributed by atoms with E-state index in [2.05, 4.69) is 27.7 Å². The van der Waals surface area contributed by atoms with Gasteiger partial charge >= 0.3 is 69.5 Å². The zero-order valence-electron chi connectivity index (χ0n) is 19.5. The molecule has 0 saturated carbocycles. The van der Waals surface area contributed by atoms with Crippen LogP contribution in [0.25, 0.3) is 0 Å². The Hall–Kier alpha value is 0.719. The fourth-order valence-electron chi connectivity index (χ4n) is 2.51. The summed E-state index contributed by atoms with van der Waals surface area (Å²) in [4.78, 5) is 0. The molecule has 3 heteroatoms. The van der Waals surface area contributed by atoms with Crippen LogP contribution >= 0.6 is 0 Å². The molecule has 0 aliphatic carbocycles. The zero-order valence-corrected chi connectivity index (χ0v) is 22.4. The van der Waals surface area contributed by atoms with Crippen molar-refractivity contribution in [2.24, 2.45) is 0 Å². The Morgan fingerprint density at radius 3 is 1.00 bits per heavy atom. The first kappa shape index (κ1) is 32.4. The average molecular weight is 493 g/mol. The van der Waals surface area contributed by atoms with E-state index in [1.165, 1.54) is 89.9 Å². The van der Waals surface area contributed by atoms with Crippen LogP contribution < -0.4 is 0 Å². The van der Waals surface area contributed by atoms with Crippen molar-refractivity contribution in [2.45, 2.75) is 139 Å². The molecule has 0 aromatic heterocycles. The summed E-state index contributed by atoms with van der Waals surface area (Å²) in [6.07, 6.45) is 20.8. The molecule has 0 atom stereocenters. The normalized spacial score (nSPS) is 10.0. The van der Waals surface area contributed by atoms with E-state index in [0.717, 1.165) is 12.8 Å². The van der Waals surface area contributed by atoms with Crippen LogP contribution in [0.5, 0.6) is 0 Å². The van der Waals surface area contributed by atoms with Crippen LogP contribution in [0.15, 0.2) is 0 Å². The van der Waals surface area contributed by atoms with Gasteiger partial charge in [0.05, 0.1) is 0 Å². The molecule has 0 aromatic rings. The van der Waals surface area contributed by atoms with Crippen molar-refractivity contribution in [2.75, 3.05) is 13.2 Å². The third-order valence-electron chi connectivity index (χ3n) is 4.44. The number of hydrogen-bond acceptors (Lipinski definition) is 2. The molecule has 0 unspecified atom stereocenters. The molecule has 0 aromatic carbocycles. The summed E-state index contributed by atoms with van der Waals surface area (Å²) in [5, 5.41) is 16.8. The Kier molecular flexibility index (Phi) is 44.9. The number of unbranched alkanes of at least 4 members (excludes halogenated alkanes) is 12. The van der Waals surface area contributed by atoms with Crippen LogP contribution in [0.3, 0.4) is 0 Å². The van der Waals surface area contributed by atoms with Crippen LogP contribution in [-0.4, -0.2) is 44.6 Å². The summed E-state index contributed by atoms with van der Waals surface area (Å²) in [7, 11) is 0. The molecule has 0 heterocycles. The molecule has 27 heavy (non-hydrogen) atoms. The van der Waals surface area contributed by atoms with Gasteiger partial charge in [0.1, 0.15) is 0 Å². The Morgan fingerprint density at radius 2 is 0.704 bits per heavy atom. The molecule has 0 rings (SSSR count). The molecule has 0 aliphatic heterocycles. The first-order chi connectivity index (χ1) is 13.2. The van der Waals surface area contributed by atoms with Crippen LogP contribution in [0.4, 0.5) is 0 Å². The second-order valence-corrected chi connectivity index (χ2v) is 11.7. The molecule has 0 spiro atoms. The predicted molar refractivity (Wildman–Crippen MR) is 126 cm³/mol. The van der Waals surface area contributed by atoms with E-state index < -0.39 is 0 Å². The summed E-state index contributed by atoms with van der Waals surface area (Å²) in [5.74, 6) is 0. The van der Waals surface area contributed by atoms with Crippen molar-refractivity contribution >= 4 is 21.1 Å². The van der Waals surface area contributed by atoms with E-state index in [-0.39, 0.29) is 21.1 Å². The SMILES string of the molecule is CCCCCCCCO.CCCCCCCCO.CCC[CH2][Sn][CH2]CCC. The number of hydrogen-bond donors (Lipinski definition) is 2. The second kappa shape index (κ2) is 37.5. The van der Waals surface area contributed by atoms with E-state index in [1.54, 1.807) is 8.87 Å². The number of aliphatic hydroxyl groups is 2. The van der Waals surface area contributed by atoms with Gasteiger partial charge in [-0.15, -0.1) is 0 Å². The fourth-order valence-corrected chi connectivity index (χ4v) is 6.67. The monoisotopic (exact) mass is 494 g/mol. The van der Waals surface area contributed by atoms with E-state index in [4.69, 9.17) is 10.2 Å². The van der Waals surface area contributed by atoms with Gasteiger partial charge in [-0.3, -0.25) is 0 Å². The first-order valence-corrected chi connectivity index (χ1v) is 16.2.